The van der Waals surface area contributed by atoms with Crippen molar-refractivity contribution in [1.29, 1.82) is 0 Å². The van der Waals surface area contributed by atoms with E-state index in [0.717, 1.165) is 42.7 Å². The van der Waals surface area contributed by atoms with Crippen LogP contribution in [0.15, 0.2) is 67.3 Å². The van der Waals surface area contributed by atoms with Gasteiger partial charge in [0.15, 0.2) is 0 Å². The Labute approximate surface area is 177 Å². The van der Waals surface area contributed by atoms with Crippen LogP contribution in [0.1, 0.15) is 41.8 Å². The molecule has 5 nitrogen and oxygen atoms in total. The summed E-state index contributed by atoms with van der Waals surface area (Å²) in [6.07, 6.45) is 6.21. The van der Waals surface area contributed by atoms with Gasteiger partial charge in [0.05, 0.1) is 5.56 Å². The molecule has 0 spiro atoms. The molecule has 1 aromatic heterocycles. The van der Waals surface area contributed by atoms with Gasteiger partial charge >= 0.3 is 5.97 Å². The standard InChI is InChI=1S/C25H27N3O2/c1-18-15-28(11-10-25(18,2)23-5-3-4-21(12-23)24(29)30)16-19-6-8-20(9-7-19)22-13-26-17-27-14-22/h3-9,12-14,17-18H,10-11,15-16H2,1-2H3,(H,29,30)/t18-,25+/m0/s1. The van der Waals surface area contributed by atoms with Gasteiger partial charge in [0.25, 0.3) is 0 Å². The molecule has 1 aliphatic rings. The molecule has 2 aromatic carbocycles. The lowest BCUT2D eigenvalue weighted by Crippen LogP contribution is -2.47. The fourth-order valence-corrected chi connectivity index (χ4v) is 4.41. The van der Waals surface area contributed by atoms with Crippen LogP contribution in [0, 0.1) is 5.92 Å². The number of nitrogens with zero attached hydrogens (tertiary/aromatic N) is 3. The van der Waals surface area contributed by atoms with Crippen molar-refractivity contribution in [2.75, 3.05) is 13.1 Å². The molecule has 0 radical (unpaired) electrons. The molecular weight excluding hydrogens is 374 g/mol. The maximum atomic E-state index is 11.4. The van der Waals surface area contributed by atoms with Crippen molar-refractivity contribution in [3.63, 3.8) is 0 Å². The Morgan fingerprint density at radius 1 is 1.13 bits per heavy atom. The molecule has 2 atom stereocenters. The van der Waals surface area contributed by atoms with E-state index in [1.165, 1.54) is 5.56 Å². The van der Waals surface area contributed by atoms with Crippen molar-refractivity contribution < 1.29 is 9.90 Å². The average Bonchev–Trinajstić information content (AvgIpc) is 2.77. The molecule has 1 saturated heterocycles. The largest absolute Gasteiger partial charge is 0.478 e. The van der Waals surface area contributed by atoms with Crippen molar-refractivity contribution in [2.45, 2.75) is 32.2 Å². The van der Waals surface area contributed by atoms with Crippen LogP contribution in [0.25, 0.3) is 11.1 Å². The zero-order valence-electron chi connectivity index (χ0n) is 17.5. The molecule has 154 valence electrons. The molecule has 1 aliphatic heterocycles. The summed E-state index contributed by atoms with van der Waals surface area (Å²) in [5.74, 6) is -0.438. The third-order valence-electron chi connectivity index (χ3n) is 6.59. The summed E-state index contributed by atoms with van der Waals surface area (Å²) in [5.41, 5.74) is 4.92. The first-order chi connectivity index (χ1) is 14.5. The number of carbonyl (C=O) groups is 1. The summed E-state index contributed by atoms with van der Waals surface area (Å²) < 4.78 is 0. The Hall–Kier alpha value is -3.05. The van der Waals surface area contributed by atoms with E-state index in [9.17, 15) is 9.90 Å². The van der Waals surface area contributed by atoms with Crippen LogP contribution in [0.2, 0.25) is 0 Å². The fraction of sp³-hybridized carbons (Fsp3) is 0.320. The van der Waals surface area contributed by atoms with E-state index in [1.807, 2.05) is 24.5 Å². The first kappa shape index (κ1) is 20.2. The van der Waals surface area contributed by atoms with Crippen LogP contribution in [-0.4, -0.2) is 39.0 Å². The van der Waals surface area contributed by atoms with E-state index < -0.39 is 5.97 Å². The number of hydrogen-bond acceptors (Lipinski definition) is 4. The summed E-state index contributed by atoms with van der Waals surface area (Å²) in [6, 6.07) is 16.1. The minimum atomic E-state index is -0.865. The van der Waals surface area contributed by atoms with E-state index in [2.05, 4.69) is 59.0 Å². The molecular formula is C25H27N3O2. The van der Waals surface area contributed by atoms with Crippen molar-refractivity contribution in [3.05, 3.63) is 83.9 Å². The molecule has 1 N–H and O–H groups in total. The second-order valence-electron chi connectivity index (χ2n) is 8.51. The number of rotatable bonds is 5. The highest BCUT2D eigenvalue weighted by molar-refractivity contribution is 5.87. The Balaban J connectivity index is 1.43. The van der Waals surface area contributed by atoms with E-state index in [0.29, 0.717) is 11.5 Å². The molecule has 0 aliphatic carbocycles. The van der Waals surface area contributed by atoms with Crippen LogP contribution in [0.4, 0.5) is 0 Å². The van der Waals surface area contributed by atoms with Gasteiger partial charge in [0.1, 0.15) is 6.33 Å². The van der Waals surface area contributed by atoms with Crippen LogP contribution in [0.3, 0.4) is 0 Å². The first-order valence-corrected chi connectivity index (χ1v) is 10.4. The molecule has 5 heteroatoms. The van der Waals surface area contributed by atoms with Gasteiger partial charge in [-0.2, -0.15) is 0 Å². The zero-order valence-corrected chi connectivity index (χ0v) is 17.5. The van der Waals surface area contributed by atoms with Gasteiger partial charge in [-0.3, -0.25) is 4.90 Å². The summed E-state index contributed by atoms with van der Waals surface area (Å²) in [6.45, 7) is 7.44. The second-order valence-corrected chi connectivity index (χ2v) is 8.51. The third kappa shape index (κ3) is 4.12. The lowest BCUT2D eigenvalue weighted by Gasteiger charge is -2.45. The molecule has 1 fully saturated rings. The monoisotopic (exact) mass is 401 g/mol. The smallest absolute Gasteiger partial charge is 0.335 e. The second kappa shape index (κ2) is 8.36. The van der Waals surface area contributed by atoms with Crippen molar-refractivity contribution in [1.82, 2.24) is 14.9 Å². The topological polar surface area (TPSA) is 66.3 Å². The number of aromatic nitrogens is 2. The van der Waals surface area contributed by atoms with Gasteiger partial charge in [0, 0.05) is 31.0 Å². The molecule has 0 unspecified atom stereocenters. The van der Waals surface area contributed by atoms with Crippen LogP contribution in [-0.2, 0) is 12.0 Å². The molecule has 30 heavy (non-hydrogen) atoms. The highest BCUT2D eigenvalue weighted by Gasteiger charge is 2.38. The Morgan fingerprint density at radius 2 is 1.87 bits per heavy atom. The number of carboxylic acids is 1. The summed E-state index contributed by atoms with van der Waals surface area (Å²) in [4.78, 5) is 22.0. The Morgan fingerprint density at radius 3 is 2.53 bits per heavy atom. The quantitative estimate of drug-likeness (QED) is 0.675. The van der Waals surface area contributed by atoms with Gasteiger partial charge in [-0.05, 0) is 53.1 Å². The maximum absolute atomic E-state index is 11.4. The molecule has 4 rings (SSSR count). The van der Waals surface area contributed by atoms with Gasteiger partial charge in [-0.15, -0.1) is 0 Å². The Kier molecular flexibility index (Phi) is 5.64. The predicted octanol–water partition coefficient (Wildman–Crippen LogP) is 4.64. The number of aromatic carboxylic acids is 1. The third-order valence-corrected chi connectivity index (χ3v) is 6.59. The molecule has 0 saturated carbocycles. The molecule has 0 bridgehead atoms. The number of benzene rings is 2. The zero-order chi connectivity index (χ0) is 21.1. The lowest BCUT2D eigenvalue weighted by molar-refractivity contribution is 0.0696. The van der Waals surface area contributed by atoms with Crippen LogP contribution < -0.4 is 0 Å². The van der Waals surface area contributed by atoms with Crippen molar-refractivity contribution in [3.8, 4) is 11.1 Å². The minimum absolute atomic E-state index is 0.0148. The summed E-state index contributed by atoms with van der Waals surface area (Å²) in [5, 5.41) is 9.34. The average molecular weight is 402 g/mol. The number of likely N-dealkylation sites (tertiary alicyclic amines) is 1. The van der Waals surface area contributed by atoms with Gasteiger partial charge in [0.2, 0.25) is 0 Å². The summed E-state index contributed by atoms with van der Waals surface area (Å²) >= 11 is 0. The van der Waals surface area contributed by atoms with Gasteiger partial charge < -0.3 is 5.11 Å². The van der Waals surface area contributed by atoms with Gasteiger partial charge in [-0.1, -0.05) is 50.2 Å². The highest BCUT2D eigenvalue weighted by Crippen LogP contribution is 2.40. The molecule has 0 amide bonds. The number of carboxylic acid groups (broad SMARTS) is 1. The van der Waals surface area contributed by atoms with Crippen LogP contribution >= 0.6 is 0 Å². The summed E-state index contributed by atoms with van der Waals surface area (Å²) in [7, 11) is 0. The maximum Gasteiger partial charge on any atom is 0.335 e. The van der Waals surface area contributed by atoms with Gasteiger partial charge in [-0.25, -0.2) is 14.8 Å². The van der Waals surface area contributed by atoms with E-state index in [-0.39, 0.29) is 5.41 Å². The molecule has 3 aromatic rings. The van der Waals surface area contributed by atoms with Crippen molar-refractivity contribution >= 4 is 5.97 Å². The first-order valence-electron chi connectivity index (χ1n) is 10.4. The van der Waals surface area contributed by atoms with Crippen molar-refractivity contribution in [2.24, 2.45) is 5.92 Å². The van der Waals surface area contributed by atoms with E-state index >= 15 is 0 Å². The molecule has 2 heterocycles. The lowest BCUT2D eigenvalue weighted by atomic mass is 9.68. The van der Waals surface area contributed by atoms with E-state index in [4.69, 9.17) is 0 Å². The van der Waals surface area contributed by atoms with E-state index in [1.54, 1.807) is 12.4 Å². The SMILES string of the molecule is C[C@H]1CN(Cc2ccc(-c3cncnc3)cc2)CC[C@@]1(C)c1cccc(C(=O)O)c1. The predicted molar refractivity (Wildman–Crippen MR) is 117 cm³/mol. The highest BCUT2D eigenvalue weighted by atomic mass is 16.4. The number of hydrogen-bond donors (Lipinski definition) is 1. The normalized spacial score (nSPS) is 22.0. The van der Waals surface area contributed by atoms with Crippen LogP contribution in [0.5, 0.6) is 0 Å². The fourth-order valence-electron chi connectivity index (χ4n) is 4.41. The Bertz CT molecular complexity index is 1020. The minimum Gasteiger partial charge on any atom is -0.478 e. The number of piperidine rings is 1.